The number of rotatable bonds is 5. The first kappa shape index (κ1) is 12.8. The van der Waals surface area contributed by atoms with Crippen LogP contribution in [-0.2, 0) is 4.74 Å². The molecule has 2 atom stereocenters. The third kappa shape index (κ3) is 3.18. The van der Waals surface area contributed by atoms with Gasteiger partial charge in [-0.05, 0) is 26.7 Å². The third-order valence-corrected chi connectivity index (χ3v) is 4.00. The topological polar surface area (TPSA) is 51.4 Å². The molecule has 0 aromatic carbocycles. The van der Waals surface area contributed by atoms with Crippen LogP contribution in [0.4, 0.5) is 5.13 Å². The second-order valence-corrected chi connectivity index (χ2v) is 5.35. The van der Waals surface area contributed by atoms with Crippen molar-refractivity contribution in [2.75, 3.05) is 24.6 Å². The maximum Gasteiger partial charge on any atom is 0.185 e. The van der Waals surface area contributed by atoms with Crippen LogP contribution in [0, 0.1) is 0 Å². The van der Waals surface area contributed by atoms with E-state index in [0.29, 0.717) is 6.10 Å². The summed E-state index contributed by atoms with van der Waals surface area (Å²) in [5, 5.41) is 3.12. The molecule has 5 heteroatoms. The van der Waals surface area contributed by atoms with Crippen molar-refractivity contribution in [3.63, 3.8) is 0 Å². The quantitative estimate of drug-likeness (QED) is 0.876. The van der Waals surface area contributed by atoms with E-state index in [1.165, 1.54) is 12.8 Å². The van der Waals surface area contributed by atoms with Gasteiger partial charge in [-0.1, -0.05) is 0 Å². The Morgan fingerprint density at radius 3 is 3.06 bits per heavy atom. The van der Waals surface area contributed by atoms with Crippen LogP contribution in [0.5, 0.6) is 0 Å². The van der Waals surface area contributed by atoms with Crippen molar-refractivity contribution in [2.45, 2.75) is 38.8 Å². The summed E-state index contributed by atoms with van der Waals surface area (Å²) in [5.41, 5.74) is 6.82. The lowest BCUT2D eigenvalue weighted by Gasteiger charge is -2.23. The number of nitrogens with zero attached hydrogens (tertiary/aromatic N) is 2. The molecular weight excluding hydrogens is 234 g/mol. The van der Waals surface area contributed by atoms with E-state index in [-0.39, 0.29) is 6.04 Å². The SMILES string of the molecule is CCN(CC1CCCO1)c1nc(C(C)N)cs1. The monoisotopic (exact) mass is 255 g/mol. The fraction of sp³-hybridized carbons (Fsp3) is 0.750. The Hall–Kier alpha value is -0.650. The van der Waals surface area contributed by atoms with E-state index in [1.807, 2.05) is 6.92 Å². The van der Waals surface area contributed by atoms with Crippen LogP contribution < -0.4 is 10.6 Å². The average Bonchev–Trinajstić information content (AvgIpc) is 2.96. The highest BCUT2D eigenvalue weighted by Gasteiger charge is 2.20. The summed E-state index contributed by atoms with van der Waals surface area (Å²) in [4.78, 5) is 6.87. The molecule has 2 rings (SSSR count). The number of ether oxygens (including phenoxy) is 1. The van der Waals surface area contributed by atoms with Gasteiger partial charge in [-0.15, -0.1) is 11.3 Å². The molecule has 2 N–H and O–H groups in total. The van der Waals surface area contributed by atoms with Gasteiger partial charge in [0.05, 0.1) is 11.8 Å². The molecule has 1 aliphatic heterocycles. The highest BCUT2D eigenvalue weighted by molar-refractivity contribution is 7.13. The summed E-state index contributed by atoms with van der Waals surface area (Å²) in [5.74, 6) is 0. The first-order valence-electron chi connectivity index (χ1n) is 6.28. The highest BCUT2D eigenvalue weighted by atomic mass is 32.1. The summed E-state index contributed by atoms with van der Waals surface area (Å²) in [7, 11) is 0. The molecular formula is C12H21N3OS. The van der Waals surface area contributed by atoms with Crippen LogP contribution in [0.3, 0.4) is 0 Å². The molecule has 1 saturated heterocycles. The van der Waals surface area contributed by atoms with Crippen molar-refractivity contribution in [3.8, 4) is 0 Å². The lowest BCUT2D eigenvalue weighted by molar-refractivity contribution is 0.115. The molecule has 1 aromatic heterocycles. The van der Waals surface area contributed by atoms with E-state index in [2.05, 4.69) is 22.2 Å². The molecule has 0 saturated carbocycles. The number of likely N-dealkylation sites (N-methyl/N-ethyl adjacent to an activating group) is 1. The van der Waals surface area contributed by atoms with Crippen molar-refractivity contribution in [3.05, 3.63) is 11.1 Å². The van der Waals surface area contributed by atoms with Gasteiger partial charge in [-0.3, -0.25) is 0 Å². The molecule has 4 nitrogen and oxygen atoms in total. The van der Waals surface area contributed by atoms with Gasteiger partial charge in [0, 0.05) is 31.1 Å². The number of hydrogen-bond donors (Lipinski definition) is 1. The Bertz CT molecular complexity index is 347. The van der Waals surface area contributed by atoms with Crippen LogP contribution in [0.15, 0.2) is 5.38 Å². The predicted molar refractivity (Wildman–Crippen MR) is 71.6 cm³/mol. The van der Waals surface area contributed by atoms with Gasteiger partial charge >= 0.3 is 0 Å². The standard InChI is InChI=1S/C12H21N3OS/c1-3-15(7-10-5-4-6-16-10)12-14-11(8-17-12)9(2)13/h8-10H,3-7,13H2,1-2H3. The van der Waals surface area contributed by atoms with Crippen LogP contribution in [0.1, 0.15) is 38.4 Å². The maximum absolute atomic E-state index is 5.83. The number of nitrogens with two attached hydrogens (primary N) is 1. The summed E-state index contributed by atoms with van der Waals surface area (Å²) in [6.45, 7) is 6.94. The molecule has 0 amide bonds. The fourth-order valence-corrected chi connectivity index (χ4v) is 3.01. The van der Waals surface area contributed by atoms with E-state index >= 15 is 0 Å². The number of thiazole rings is 1. The largest absolute Gasteiger partial charge is 0.376 e. The number of aromatic nitrogens is 1. The number of anilines is 1. The molecule has 1 aromatic rings. The molecule has 17 heavy (non-hydrogen) atoms. The smallest absolute Gasteiger partial charge is 0.185 e. The Balaban J connectivity index is 2.00. The summed E-state index contributed by atoms with van der Waals surface area (Å²) >= 11 is 1.67. The van der Waals surface area contributed by atoms with E-state index in [4.69, 9.17) is 10.5 Å². The van der Waals surface area contributed by atoms with E-state index in [1.54, 1.807) is 11.3 Å². The zero-order valence-electron chi connectivity index (χ0n) is 10.6. The molecule has 1 aliphatic rings. The molecule has 2 heterocycles. The third-order valence-electron chi connectivity index (χ3n) is 3.08. The zero-order valence-corrected chi connectivity index (χ0v) is 11.4. The van der Waals surface area contributed by atoms with Crippen molar-refractivity contribution < 1.29 is 4.74 Å². The molecule has 2 unspecified atom stereocenters. The van der Waals surface area contributed by atoms with Crippen molar-refractivity contribution >= 4 is 16.5 Å². The van der Waals surface area contributed by atoms with Crippen LogP contribution >= 0.6 is 11.3 Å². The molecule has 1 fully saturated rings. The minimum atomic E-state index is 0.0152. The Morgan fingerprint density at radius 1 is 1.71 bits per heavy atom. The Kier molecular flexibility index (Phi) is 4.36. The molecule has 0 spiro atoms. The van der Waals surface area contributed by atoms with Gasteiger partial charge in [0.25, 0.3) is 0 Å². The lowest BCUT2D eigenvalue weighted by Crippen LogP contribution is -2.32. The van der Waals surface area contributed by atoms with Crippen LogP contribution in [0.2, 0.25) is 0 Å². The normalized spacial score (nSPS) is 21.7. The number of hydrogen-bond acceptors (Lipinski definition) is 5. The van der Waals surface area contributed by atoms with Gasteiger partial charge < -0.3 is 15.4 Å². The summed E-state index contributed by atoms with van der Waals surface area (Å²) in [6, 6.07) is 0.0152. The molecule has 0 radical (unpaired) electrons. The Morgan fingerprint density at radius 2 is 2.53 bits per heavy atom. The van der Waals surface area contributed by atoms with Gasteiger partial charge in [0.2, 0.25) is 0 Å². The summed E-state index contributed by atoms with van der Waals surface area (Å²) < 4.78 is 5.67. The Labute approximate surface area is 107 Å². The predicted octanol–water partition coefficient (Wildman–Crippen LogP) is 2.17. The van der Waals surface area contributed by atoms with Gasteiger partial charge in [0.1, 0.15) is 0 Å². The first-order chi connectivity index (χ1) is 8.20. The van der Waals surface area contributed by atoms with Crippen LogP contribution in [-0.4, -0.2) is 30.8 Å². The van der Waals surface area contributed by atoms with Crippen molar-refractivity contribution in [1.82, 2.24) is 4.98 Å². The molecule has 0 bridgehead atoms. The first-order valence-corrected chi connectivity index (χ1v) is 7.16. The molecule has 96 valence electrons. The van der Waals surface area contributed by atoms with Gasteiger partial charge in [-0.25, -0.2) is 4.98 Å². The molecule has 0 aliphatic carbocycles. The van der Waals surface area contributed by atoms with Crippen molar-refractivity contribution in [1.29, 1.82) is 0 Å². The van der Waals surface area contributed by atoms with E-state index in [0.717, 1.165) is 30.5 Å². The van der Waals surface area contributed by atoms with E-state index < -0.39 is 0 Å². The minimum Gasteiger partial charge on any atom is -0.376 e. The second-order valence-electron chi connectivity index (χ2n) is 4.52. The fourth-order valence-electron chi connectivity index (χ4n) is 2.01. The van der Waals surface area contributed by atoms with E-state index in [9.17, 15) is 0 Å². The van der Waals surface area contributed by atoms with Gasteiger partial charge in [-0.2, -0.15) is 0 Å². The van der Waals surface area contributed by atoms with Crippen LogP contribution in [0.25, 0.3) is 0 Å². The second kappa shape index (κ2) is 5.80. The van der Waals surface area contributed by atoms with Crippen molar-refractivity contribution in [2.24, 2.45) is 5.73 Å². The summed E-state index contributed by atoms with van der Waals surface area (Å²) in [6.07, 6.45) is 2.73. The highest BCUT2D eigenvalue weighted by Crippen LogP contribution is 2.24. The zero-order chi connectivity index (χ0) is 12.3. The minimum absolute atomic E-state index is 0.0152. The van der Waals surface area contributed by atoms with Gasteiger partial charge in [0.15, 0.2) is 5.13 Å². The maximum atomic E-state index is 5.83. The average molecular weight is 255 g/mol. The lowest BCUT2D eigenvalue weighted by atomic mass is 10.2.